The van der Waals surface area contributed by atoms with Crippen LogP contribution in [0.5, 0.6) is 0 Å². The molecule has 0 saturated carbocycles. The van der Waals surface area contributed by atoms with Crippen molar-refractivity contribution in [3.8, 4) is 0 Å². The van der Waals surface area contributed by atoms with Gasteiger partial charge in [0.25, 0.3) is 0 Å². The van der Waals surface area contributed by atoms with Gasteiger partial charge in [-0.1, -0.05) is 81.4 Å². The lowest BCUT2D eigenvalue weighted by Gasteiger charge is -2.33. The summed E-state index contributed by atoms with van der Waals surface area (Å²) in [6.07, 6.45) is 2.60. The Balaban J connectivity index is 1.46. The second kappa shape index (κ2) is 9.55. The third-order valence-corrected chi connectivity index (χ3v) is 5.76. The largest absolute Gasteiger partial charge is 0.425 e. The molecule has 0 spiro atoms. The van der Waals surface area contributed by atoms with Gasteiger partial charge in [-0.05, 0) is 29.4 Å². The number of hydrogen-bond donors (Lipinski definition) is 1. The van der Waals surface area contributed by atoms with E-state index in [1.807, 2.05) is 65.6 Å². The number of nitrogens with zero attached hydrogens (tertiary/aromatic N) is 3. The number of amides is 2. The highest BCUT2D eigenvalue weighted by Gasteiger charge is 2.30. The van der Waals surface area contributed by atoms with Crippen molar-refractivity contribution in [3.63, 3.8) is 0 Å². The Morgan fingerprint density at radius 2 is 1.69 bits per heavy atom. The maximum absolute atomic E-state index is 13.3. The maximum Gasteiger partial charge on any atom is 0.318 e. The zero-order valence-corrected chi connectivity index (χ0v) is 19.1. The monoisotopic (exact) mass is 432 g/mol. The summed E-state index contributed by atoms with van der Waals surface area (Å²) in [6.45, 7) is 7.76. The van der Waals surface area contributed by atoms with Crippen LogP contribution in [0.15, 0.2) is 65.1 Å². The fourth-order valence-electron chi connectivity index (χ4n) is 4.18. The molecule has 1 unspecified atom stereocenters. The van der Waals surface area contributed by atoms with Crippen molar-refractivity contribution in [1.29, 1.82) is 0 Å². The smallest absolute Gasteiger partial charge is 0.318 e. The van der Waals surface area contributed by atoms with Gasteiger partial charge in [0.1, 0.15) is 0 Å². The Morgan fingerprint density at radius 3 is 2.28 bits per heavy atom. The van der Waals surface area contributed by atoms with E-state index in [1.54, 1.807) is 0 Å². The van der Waals surface area contributed by atoms with Gasteiger partial charge in [-0.25, -0.2) is 4.79 Å². The van der Waals surface area contributed by atoms with Crippen molar-refractivity contribution in [3.05, 3.63) is 83.6 Å². The van der Waals surface area contributed by atoms with Gasteiger partial charge >= 0.3 is 6.03 Å². The van der Waals surface area contributed by atoms with Crippen LogP contribution in [0.4, 0.5) is 4.79 Å². The molecule has 6 nitrogen and oxygen atoms in total. The molecule has 2 heterocycles. The van der Waals surface area contributed by atoms with Crippen molar-refractivity contribution in [1.82, 2.24) is 20.4 Å². The molecule has 0 radical (unpaired) electrons. The maximum atomic E-state index is 13.3. The fourth-order valence-corrected chi connectivity index (χ4v) is 4.18. The summed E-state index contributed by atoms with van der Waals surface area (Å²) in [5.74, 6) is 1.38. The first-order valence-electron chi connectivity index (χ1n) is 11.4. The fraction of sp³-hybridized carbons (Fsp3) is 0.423. The van der Waals surface area contributed by atoms with Gasteiger partial charge < -0.3 is 14.6 Å². The van der Waals surface area contributed by atoms with Crippen LogP contribution < -0.4 is 5.32 Å². The average molecular weight is 433 g/mol. The summed E-state index contributed by atoms with van der Waals surface area (Å²) in [6, 6.07) is 19.9. The van der Waals surface area contributed by atoms with E-state index in [0.29, 0.717) is 18.3 Å². The Hall–Kier alpha value is -3.15. The normalized spacial score (nSPS) is 16.9. The lowest BCUT2D eigenvalue weighted by Crippen LogP contribution is -2.46. The molecule has 3 aromatic rings. The first-order chi connectivity index (χ1) is 15.4. The summed E-state index contributed by atoms with van der Waals surface area (Å²) >= 11 is 0. The summed E-state index contributed by atoms with van der Waals surface area (Å²) in [4.78, 5) is 15.1. The van der Waals surface area contributed by atoms with Crippen LogP contribution in [-0.2, 0) is 6.42 Å². The molecule has 2 amide bonds. The number of likely N-dealkylation sites (tertiary alicyclic amines) is 1. The summed E-state index contributed by atoms with van der Waals surface area (Å²) in [7, 11) is 0. The molecule has 1 atom stereocenters. The van der Waals surface area contributed by atoms with Crippen molar-refractivity contribution < 1.29 is 9.21 Å². The molecular formula is C26H32N4O2. The molecule has 1 aliphatic rings. The number of nitrogens with one attached hydrogen (secondary N) is 1. The van der Waals surface area contributed by atoms with Crippen LogP contribution in [0.2, 0.25) is 0 Å². The third-order valence-electron chi connectivity index (χ3n) is 5.76. The van der Waals surface area contributed by atoms with Crippen molar-refractivity contribution >= 4 is 6.03 Å². The Labute approximate surface area is 190 Å². The topological polar surface area (TPSA) is 71.3 Å². The Kier molecular flexibility index (Phi) is 6.58. The number of urea groups is 1. The summed E-state index contributed by atoms with van der Waals surface area (Å²) in [5.41, 5.74) is 2.21. The zero-order valence-electron chi connectivity index (χ0n) is 19.1. The standard InChI is InChI=1S/C26H32N4O2/c1-26(2,3)17-22-28-29-24(32-22)21-15-10-16-30(18-21)25(31)27-23(19-11-6-4-7-12-19)20-13-8-5-9-14-20/h4-9,11-14,21,23H,10,15-18H2,1-3H3,(H,27,31). The number of aromatic nitrogens is 2. The van der Waals surface area contributed by atoms with E-state index in [0.717, 1.165) is 36.9 Å². The van der Waals surface area contributed by atoms with E-state index in [-0.39, 0.29) is 23.4 Å². The Bertz CT molecular complexity index is 972. The first kappa shape index (κ1) is 22.1. The summed E-state index contributed by atoms with van der Waals surface area (Å²) < 4.78 is 5.97. The van der Waals surface area contributed by atoms with E-state index < -0.39 is 0 Å². The predicted molar refractivity (Wildman–Crippen MR) is 124 cm³/mol. The second-order valence-electron chi connectivity index (χ2n) is 9.76. The van der Waals surface area contributed by atoms with Gasteiger partial charge in [0.2, 0.25) is 11.8 Å². The number of hydrogen-bond acceptors (Lipinski definition) is 4. The molecular weight excluding hydrogens is 400 g/mol. The first-order valence-corrected chi connectivity index (χ1v) is 11.4. The molecule has 6 heteroatoms. The molecule has 32 heavy (non-hydrogen) atoms. The number of piperidine rings is 1. The number of rotatable bonds is 5. The van der Waals surface area contributed by atoms with Gasteiger partial charge in [-0.2, -0.15) is 0 Å². The van der Waals surface area contributed by atoms with E-state index in [1.165, 1.54) is 0 Å². The molecule has 1 N–H and O–H groups in total. The SMILES string of the molecule is CC(C)(C)Cc1nnc(C2CCCN(C(=O)NC(c3ccccc3)c3ccccc3)C2)o1. The Morgan fingerprint density at radius 1 is 1.06 bits per heavy atom. The van der Waals surface area contributed by atoms with E-state index >= 15 is 0 Å². The second-order valence-corrected chi connectivity index (χ2v) is 9.76. The predicted octanol–water partition coefficient (Wildman–Crippen LogP) is 5.34. The molecule has 4 rings (SSSR count). The molecule has 1 aliphatic heterocycles. The highest BCUT2D eigenvalue weighted by atomic mass is 16.4. The minimum absolute atomic E-state index is 0.0677. The zero-order chi connectivity index (χ0) is 22.6. The lowest BCUT2D eigenvalue weighted by molar-refractivity contribution is 0.171. The highest BCUT2D eigenvalue weighted by Crippen LogP contribution is 2.29. The number of carbonyl (C=O) groups excluding carboxylic acids is 1. The molecule has 1 saturated heterocycles. The van der Waals surface area contributed by atoms with Crippen LogP contribution in [0.3, 0.4) is 0 Å². The van der Waals surface area contributed by atoms with Crippen molar-refractivity contribution in [2.24, 2.45) is 5.41 Å². The van der Waals surface area contributed by atoms with Crippen molar-refractivity contribution in [2.45, 2.75) is 52.0 Å². The van der Waals surface area contributed by atoms with Crippen LogP contribution in [0.25, 0.3) is 0 Å². The average Bonchev–Trinajstić information content (AvgIpc) is 3.25. The van der Waals surface area contributed by atoms with Gasteiger partial charge in [0, 0.05) is 19.5 Å². The van der Waals surface area contributed by atoms with Crippen LogP contribution in [0.1, 0.15) is 68.5 Å². The molecule has 0 aliphatic carbocycles. The quantitative estimate of drug-likeness (QED) is 0.591. The van der Waals surface area contributed by atoms with E-state index in [9.17, 15) is 4.79 Å². The molecule has 2 aromatic carbocycles. The van der Waals surface area contributed by atoms with Crippen molar-refractivity contribution in [2.75, 3.05) is 13.1 Å². The number of benzene rings is 2. The molecule has 168 valence electrons. The van der Waals surface area contributed by atoms with E-state index in [2.05, 4.69) is 36.3 Å². The van der Waals surface area contributed by atoms with Gasteiger partial charge in [0.05, 0.1) is 12.0 Å². The minimum Gasteiger partial charge on any atom is -0.425 e. The van der Waals surface area contributed by atoms with Gasteiger partial charge in [-0.3, -0.25) is 0 Å². The highest BCUT2D eigenvalue weighted by molar-refractivity contribution is 5.75. The molecule has 0 bridgehead atoms. The molecule has 1 aromatic heterocycles. The van der Waals surface area contributed by atoms with Crippen LogP contribution >= 0.6 is 0 Å². The van der Waals surface area contributed by atoms with Gasteiger partial charge in [-0.15, -0.1) is 10.2 Å². The van der Waals surface area contributed by atoms with Crippen LogP contribution in [-0.4, -0.2) is 34.2 Å². The van der Waals surface area contributed by atoms with Gasteiger partial charge in [0.15, 0.2) is 0 Å². The summed E-state index contributed by atoms with van der Waals surface area (Å²) in [5, 5.41) is 11.8. The third kappa shape index (κ3) is 5.55. The number of carbonyl (C=O) groups is 1. The van der Waals surface area contributed by atoms with E-state index in [4.69, 9.17) is 4.42 Å². The molecule has 1 fully saturated rings. The van der Waals surface area contributed by atoms with Crippen LogP contribution in [0, 0.1) is 5.41 Å². The minimum atomic E-state index is -0.202. The lowest BCUT2D eigenvalue weighted by atomic mass is 9.92.